The van der Waals surface area contributed by atoms with Gasteiger partial charge < -0.3 is 14.8 Å². The predicted molar refractivity (Wildman–Crippen MR) is 102 cm³/mol. The van der Waals surface area contributed by atoms with Gasteiger partial charge in [0.1, 0.15) is 23.9 Å². The molecule has 1 amide bonds. The van der Waals surface area contributed by atoms with Crippen molar-refractivity contribution in [1.82, 2.24) is 5.32 Å². The average Bonchev–Trinajstić information content (AvgIpc) is 2.73. The minimum absolute atomic E-state index is 0.000934. The van der Waals surface area contributed by atoms with Crippen LogP contribution in [0.2, 0.25) is 0 Å². The molecular formula is C23H19NO3. The van der Waals surface area contributed by atoms with Crippen LogP contribution in [0.5, 0.6) is 17.2 Å². The topological polar surface area (TPSA) is 47.6 Å². The van der Waals surface area contributed by atoms with E-state index in [0.29, 0.717) is 13.0 Å². The molecule has 0 aromatic heterocycles. The lowest BCUT2D eigenvalue weighted by molar-refractivity contribution is -0.126. The molecule has 0 saturated heterocycles. The van der Waals surface area contributed by atoms with E-state index >= 15 is 0 Å². The average molecular weight is 357 g/mol. The van der Waals surface area contributed by atoms with Crippen molar-refractivity contribution in [3.8, 4) is 17.2 Å². The Morgan fingerprint density at radius 3 is 2.11 bits per heavy atom. The molecule has 2 aliphatic heterocycles. The Morgan fingerprint density at radius 2 is 1.41 bits per heavy atom. The summed E-state index contributed by atoms with van der Waals surface area (Å²) in [6, 6.07) is 23.4. The van der Waals surface area contributed by atoms with Crippen molar-refractivity contribution in [3.63, 3.8) is 0 Å². The Balaban J connectivity index is 1.43. The summed E-state index contributed by atoms with van der Waals surface area (Å²) >= 11 is 0. The fourth-order valence-electron chi connectivity index (χ4n) is 3.82. The molecule has 4 nitrogen and oxygen atoms in total. The van der Waals surface area contributed by atoms with Gasteiger partial charge in [-0.3, -0.25) is 4.79 Å². The standard InChI is InChI=1S/C23H19NO3/c25-23(16-13-15-7-1-4-10-19(15)26-14-16)24-22-17-8-2-5-11-20(17)27-21-12-6-3-9-18(21)22/h1-12,16,22H,13-14H2,(H,24,25). The number of carbonyl (C=O) groups excluding carboxylic acids is 1. The number of para-hydroxylation sites is 3. The molecule has 4 heteroatoms. The molecule has 1 unspecified atom stereocenters. The second-order valence-electron chi connectivity index (χ2n) is 6.94. The summed E-state index contributed by atoms with van der Waals surface area (Å²) in [7, 11) is 0. The molecule has 0 bridgehead atoms. The minimum atomic E-state index is -0.226. The Bertz CT molecular complexity index is 968. The van der Waals surface area contributed by atoms with Crippen molar-refractivity contribution >= 4 is 5.91 Å². The van der Waals surface area contributed by atoms with Gasteiger partial charge in [0.05, 0.1) is 12.0 Å². The third-order valence-corrected chi connectivity index (χ3v) is 5.22. The lowest BCUT2D eigenvalue weighted by atomic mass is 9.92. The molecule has 27 heavy (non-hydrogen) atoms. The van der Waals surface area contributed by atoms with Crippen LogP contribution in [-0.4, -0.2) is 12.5 Å². The highest BCUT2D eigenvalue weighted by atomic mass is 16.5. The summed E-state index contributed by atoms with van der Waals surface area (Å²) in [5.41, 5.74) is 3.03. The molecule has 0 aliphatic carbocycles. The highest BCUT2D eigenvalue weighted by Gasteiger charge is 2.32. The lowest BCUT2D eigenvalue weighted by Gasteiger charge is -2.31. The van der Waals surface area contributed by atoms with Crippen LogP contribution in [0.1, 0.15) is 22.7 Å². The van der Waals surface area contributed by atoms with Crippen LogP contribution in [0, 0.1) is 5.92 Å². The van der Waals surface area contributed by atoms with Gasteiger partial charge in [-0.15, -0.1) is 0 Å². The molecule has 2 aliphatic rings. The van der Waals surface area contributed by atoms with Crippen molar-refractivity contribution < 1.29 is 14.3 Å². The zero-order valence-electron chi connectivity index (χ0n) is 14.7. The van der Waals surface area contributed by atoms with Crippen LogP contribution >= 0.6 is 0 Å². The number of nitrogens with one attached hydrogen (secondary N) is 1. The molecule has 134 valence electrons. The zero-order chi connectivity index (χ0) is 18.2. The molecule has 1 N–H and O–H groups in total. The maximum absolute atomic E-state index is 13.1. The SMILES string of the molecule is O=C(NC1c2ccccc2Oc2ccccc21)C1COc2ccccc2C1. The van der Waals surface area contributed by atoms with Gasteiger partial charge in [0.15, 0.2) is 0 Å². The normalized spacial score (nSPS) is 17.6. The van der Waals surface area contributed by atoms with Gasteiger partial charge in [-0.25, -0.2) is 0 Å². The fourth-order valence-corrected chi connectivity index (χ4v) is 3.82. The molecule has 3 aromatic carbocycles. The van der Waals surface area contributed by atoms with E-state index in [4.69, 9.17) is 9.47 Å². The monoisotopic (exact) mass is 357 g/mol. The zero-order valence-corrected chi connectivity index (χ0v) is 14.7. The van der Waals surface area contributed by atoms with Gasteiger partial charge in [0, 0.05) is 11.1 Å². The summed E-state index contributed by atoms with van der Waals surface area (Å²) in [5.74, 6) is 2.24. The summed E-state index contributed by atoms with van der Waals surface area (Å²) in [6.07, 6.45) is 0.689. The first kappa shape index (κ1) is 15.9. The first-order chi connectivity index (χ1) is 13.3. The predicted octanol–water partition coefficient (Wildman–Crippen LogP) is 4.25. The van der Waals surface area contributed by atoms with Crippen LogP contribution in [-0.2, 0) is 11.2 Å². The number of hydrogen-bond acceptors (Lipinski definition) is 3. The van der Waals surface area contributed by atoms with Crippen LogP contribution in [0.15, 0.2) is 72.8 Å². The largest absolute Gasteiger partial charge is 0.492 e. The number of fused-ring (bicyclic) bond motifs is 3. The van der Waals surface area contributed by atoms with Gasteiger partial charge >= 0.3 is 0 Å². The van der Waals surface area contributed by atoms with E-state index in [-0.39, 0.29) is 17.9 Å². The second-order valence-corrected chi connectivity index (χ2v) is 6.94. The van der Waals surface area contributed by atoms with Crippen LogP contribution in [0.3, 0.4) is 0 Å². The number of benzene rings is 3. The molecule has 0 radical (unpaired) electrons. The minimum Gasteiger partial charge on any atom is -0.492 e. The highest BCUT2D eigenvalue weighted by molar-refractivity contribution is 5.81. The van der Waals surface area contributed by atoms with E-state index in [1.165, 1.54) is 0 Å². The highest BCUT2D eigenvalue weighted by Crippen LogP contribution is 2.42. The van der Waals surface area contributed by atoms with E-state index < -0.39 is 0 Å². The van der Waals surface area contributed by atoms with Crippen molar-refractivity contribution in [2.75, 3.05) is 6.61 Å². The Morgan fingerprint density at radius 1 is 0.815 bits per heavy atom. The first-order valence-electron chi connectivity index (χ1n) is 9.16. The molecule has 5 rings (SSSR count). The van der Waals surface area contributed by atoms with Gasteiger partial charge in [0.2, 0.25) is 5.91 Å². The summed E-state index contributed by atoms with van der Waals surface area (Å²) < 4.78 is 11.8. The number of amides is 1. The number of carbonyl (C=O) groups is 1. The lowest BCUT2D eigenvalue weighted by Crippen LogP contribution is -2.40. The van der Waals surface area contributed by atoms with E-state index in [9.17, 15) is 4.79 Å². The van der Waals surface area contributed by atoms with Crippen molar-refractivity contribution in [2.24, 2.45) is 5.92 Å². The van der Waals surface area contributed by atoms with Gasteiger partial charge in [-0.05, 0) is 30.2 Å². The molecular weight excluding hydrogens is 338 g/mol. The quantitative estimate of drug-likeness (QED) is 0.746. The summed E-state index contributed by atoms with van der Waals surface area (Å²) in [5, 5.41) is 3.23. The molecule has 3 aromatic rings. The van der Waals surface area contributed by atoms with E-state index in [0.717, 1.165) is 33.9 Å². The number of ether oxygens (including phenoxy) is 2. The maximum Gasteiger partial charge on any atom is 0.227 e. The molecule has 1 atom stereocenters. The first-order valence-corrected chi connectivity index (χ1v) is 9.16. The smallest absolute Gasteiger partial charge is 0.227 e. The van der Waals surface area contributed by atoms with Crippen LogP contribution in [0.25, 0.3) is 0 Å². The van der Waals surface area contributed by atoms with Crippen molar-refractivity contribution in [2.45, 2.75) is 12.5 Å². The number of rotatable bonds is 2. The van der Waals surface area contributed by atoms with Crippen LogP contribution < -0.4 is 14.8 Å². The van der Waals surface area contributed by atoms with Crippen molar-refractivity contribution in [3.05, 3.63) is 89.5 Å². The Hall–Kier alpha value is -3.27. The van der Waals surface area contributed by atoms with Crippen LogP contribution in [0.4, 0.5) is 0 Å². The van der Waals surface area contributed by atoms with E-state index in [2.05, 4.69) is 5.32 Å². The Labute approximate surface area is 157 Å². The summed E-state index contributed by atoms with van der Waals surface area (Å²) in [4.78, 5) is 13.1. The van der Waals surface area contributed by atoms with Gasteiger partial charge in [0.25, 0.3) is 0 Å². The third kappa shape index (κ3) is 2.83. The van der Waals surface area contributed by atoms with Crippen molar-refractivity contribution in [1.29, 1.82) is 0 Å². The number of hydrogen-bond donors (Lipinski definition) is 1. The van der Waals surface area contributed by atoms with E-state index in [1.54, 1.807) is 0 Å². The van der Waals surface area contributed by atoms with Gasteiger partial charge in [-0.2, -0.15) is 0 Å². The second kappa shape index (κ2) is 6.47. The molecule has 0 saturated carbocycles. The summed E-state index contributed by atoms with van der Waals surface area (Å²) in [6.45, 7) is 0.398. The Kier molecular flexibility index (Phi) is 3.82. The fraction of sp³-hybridized carbons (Fsp3) is 0.174. The molecule has 2 heterocycles. The third-order valence-electron chi connectivity index (χ3n) is 5.22. The van der Waals surface area contributed by atoms with E-state index in [1.807, 2.05) is 72.8 Å². The molecule has 0 fully saturated rings. The molecule has 0 spiro atoms. The maximum atomic E-state index is 13.1. The van der Waals surface area contributed by atoms with Gasteiger partial charge in [-0.1, -0.05) is 54.6 Å².